The fourth-order valence-corrected chi connectivity index (χ4v) is 7.91. The minimum absolute atomic E-state index is 0.0313. The lowest BCUT2D eigenvalue weighted by atomic mass is 10.0. The third-order valence-corrected chi connectivity index (χ3v) is 10.4. The number of benzene rings is 2. The van der Waals surface area contributed by atoms with E-state index in [4.69, 9.17) is 0 Å². The summed E-state index contributed by atoms with van der Waals surface area (Å²) in [5.74, 6) is -1.15. The van der Waals surface area contributed by atoms with E-state index in [-0.39, 0.29) is 29.6 Å². The summed E-state index contributed by atoms with van der Waals surface area (Å²) < 4.78 is 27.5. The Hall–Kier alpha value is -3.28. The van der Waals surface area contributed by atoms with Crippen molar-refractivity contribution in [1.82, 2.24) is 20.4 Å². The fourth-order valence-electron chi connectivity index (χ4n) is 6.07. The van der Waals surface area contributed by atoms with Gasteiger partial charge in [0.15, 0.2) is 15.6 Å². The number of hydrogen-bond donors (Lipinski definition) is 2. The molecule has 0 spiro atoms. The van der Waals surface area contributed by atoms with E-state index < -0.39 is 45.2 Å². The number of rotatable bonds is 8. The van der Waals surface area contributed by atoms with E-state index >= 15 is 0 Å². The summed E-state index contributed by atoms with van der Waals surface area (Å²) in [5.41, 5.74) is 1.45. The molecule has 3 fully saturated rings. The molecule has 0 bridgehead atoms. The van der Waals surface area contributed by atoms with E-state index in [1.807, 2.05) is 26.0 Å². The van der Waals surface area contributed by atoms with Crippen LogP contribution in [0.2, 0.25) is 0 Å². The highest BCUT2D eigenvalue weighted by Crippen LogP contribution is 2.35. The monoisotopic (exact) mass is 581 g/mol. The summed E-state index contributed by atoms with van der Waals surface area (Å²) in [6.07, 6.45) is 0.410. The molecule has 0 aliphatic carbocycles. The zero-order valence-corrected chi connectivity index (χ0v) is 24.6. The highest BCUT2D eigenvalue weighted by Gasteiger charge is 2.55. The Bertz CT molecular complexity index is 1370. The number of fused-ring (bicyclic) bond motifs is 1. The standard InChI is InChI=1S/C30H39N5O5S/c1-20(2)17-25(32-29(37)21-9-11-22(12-10-21)34-15-13-33(3)14-16-34)30(38)35-27(18-24-28(35)26(36)19-31-24)41(39,40)23-7-5-4-6-8-23/h4-12,20,24-25,27-28,31H,13-19H2,1-3H3,(H,32,37). The van der Waals surface area contributed by atoms with Gasteiger partial charge in [0, 0.05) is 49.9 Å². The number of ketones is 1. The molecule has 0 aromatic heterocycles. The largest absolute Gasteiger partial charge is 0.369 e. The number of anilines is 1. The Morgan fingerprint density at radius 2 is 1.66 bits per heavy atom. The molecule has 3 heterocycles. The zero-order valence-electron chi connectivity index (χ0n) is 23.8. The van der Waals surface area contributed by atoms with Crippen molar-refractivity contribution in [2.75, 3.05) is 44.7 Å². The molecular weight excluding hydrogens is 542 g/mol. The molecule has 2 N–H and O–H groups in total. The lowest BCUT2D eigenvalue weighted by Crippen LogP contribution is -2.56. The Balaban J connectivity index is 1.38. The van der Waals surface area contributed by atoms with Crippen molar-refractivity contribution in [1.29, 1.82) is 0 Å². The number of likely N-dealkylation sites (N-methyl/N-ethyl adjacent to an activating group) is 1. The maximum absolute atomic E-state index is 14.2. The van der Waals surface area contributed by atoms with Crippen LogP contribution in [0.3, 0.4) is 0 Å². The van der Waals surface area contributed by atoms with Crippen LogP contribution in [0.15, 0.2) is 59.5 Å². The highest BCUT2D eigenvalue weighted by molar-refractivity contribution is 7.92. The smallest absolute Gasteiger partial charge is 0.251 e. The van der Waals surface area contributed by atoms with Crippen molar-refractivity contribution in [3.05, 3.63) is 60.2 Å². The second-order valence-electron chi connectivity index (χ2n) is 11.7. The van der Waals surface area contributed by atoms with Gasteiger partial charge in [-0.3, -0.25) is 14.4 Å². The predicted molar refractivity (Wildman–Crippen MR) is 156 cm³/mol. The predicted octanol–water partition coefficient (Wildman–Crippen LogP) is 1.52. The molecule has 10 nitrogen and oxygen atoms in total. The molecular formula is C30H39N5O5S. The van der Waals surface area contributed by atoms with Gasteiger partial charge in [-0.05, 0) is 55.8 Å². The van der Waals surface area contributed by atoms with Crippen molar-refractivity contribution in [2.45, 2.75) is 55.1 Å². The molecule has 3 aliphatic rings. The van der Waals surface area contributed by atoms with Crippen LogP contribution in [0, 0.1) is 5.92 Å². The second-order valence-corrected chi connectivity index (χ2v) is 13.8. The number of likely N-dealkylation sites (tertiary alicyclic amines) is 1. The van der Waals surface area contributed by atoms with E-state index in [1.54, 1.807) is 30.3 Å². The van der Waals surface area contributed by atoms with Crippen molar-refractivity contribution in [3.63, 3.8) is 0 Å². The summed E-state index contributed by atoms with van der Waals surface area (Å²) in [6.45, 7) is 7.71. The maximum atomic E-state index is 14.2. The Labute approximate surface area is 242 Å². The first-order chi connectivity index (χ1) is 19.6. The summed E-state index contributed by atoms with van der Waals surface area (Å²) in [7, 11) is -1.87. The minimum atomic E-state index is -3.97. The number of piperazine rings is 1. The molecule has 2 aromatic carbocycles. The number of amides is 2. The Morgan fingerprint density at radius 3 is 2.29 bits per heavy atom. The van der Waals surface area contributed by atoms with Crippen LogP contribution in [0.1, 0.15) is 37.0 Å². The molecule has 2 aromatic rings. The summed E-state index contributed by atoms with van der Waals surface area (Å²) in [6, 6.07) is 13.0. The molecule has 220 valence electrons. The van der Waals surface area contributed by atoms with E-state index in [9.17, 15) is 22.8 Å². The van der Waals surface area contributed by atoms with Gasteiger partial charge in [-0.2, -0.15) is 0 Å². The van der Waals surface area contributed by atoms with Crippen molar-refractivity contribution < 1.29 is 22.8 Å². The normalized spacial score (nSPS) is 24.0. The number of carbonyl (C=O) groups excluding carboxylic acids is 3. The van der Waals surface area contributed by atoms with E-state index in [0.717, 1.165) is 31.9 Å². The summed E-state index contributed by atoms with van der Waals surface area (Å²) in [5, 5.41) is 4.75. The highest BCUT2D eigenvalue weighted by atomic mass is 32.2. The van der Waals surface area contributed by atoms with Crippen molar-refractivity contribution >= 4 is 33.1 Å². The van der Waals surface area contributed by atoms with Crippen molar-refractivity contribution in [2.24, 2.45) is 5.92 Å². The number of Topliss-reactive ketones (excluding diaryl/α,β-unsaturated/α-hetero) is 1. The number of nitrogens with zero attached hydrogens (tertiary/aromatic N) is 3. The molecule has 0 saturated carbocycles. The average molecular weight is 582 g/mol. The van der Waals surface area contributed by atoms with Crippen LogP contribution < -0.4 is 15.5 Å². The Kier molecular flexibility index (Phi) is 8.49. The zero-order chi connectivity index (χ0) is 29.3. The summed E-state index contributed by atoms with van der Waals surface area (Å²) in [4.78, 5) is 46.3. The van der Waals surface area contributed by atoms with Gasteiger partial charge in [-0.25, -0.2) is 8.42 Å². The first-order valence-corrected chi connectivity index (χ1v) is 15.8. The van der Waals surface area contributed by atoms with Crippen LogP contribution in [0.5, 0.6) is 0 Å². The van der Waals surface area contributed by atoms with Crippen LogP contribution in [-0.4, -0.2) is 99.1 Å². The molecule has 3 saturated heterocycles. The summed E-state index contributed by atoms with van der Waals surface area (Å²) >= 11 is 0. The quantitative estimate of drug-likeness (QED) is 0.482. The third-order valence-electron chi connectivity index (χ3n) is 8.31. The van der Waals surface area contributed by atoms with E-state index in [2.05, 4.69) is 27.5 Å². The number of nitrogens with one attached hydrogen (secondary N) is 2. The van der Waals surface area contributed by atoms with Crippen LogP contribution >= 0.6 is 0 Å². The maximum Gasteiger partial charge on any atom is 0.251 e. The molecule has 5 rings (SSSR count). The minimum Gasteiger partial charge on any atom is -0.369 e. The topological polar surface area (TPSA) is 119 Å². The first-order valence-electron chi connectivity index (χ1n) is 14.3. The SMILES string of the molecule is CC(C)CC(NC(=O)c1ccc(N2CCN(C)CC2)cc1)C(=O)N1C2C(=O)CNC2CC1S(=O)(=O)c1ccccc1. The van der Waals surface area contributed by atoms with Gasteiger partial charge in [0.25, 0.3) is 5.91 Å². The van der Waals surface area contributed by atoms with Gasteiger partial charge in [0.2, 0.25) is 5.91 Å². The van der Waals surface area contributed by atoms with Gasteiger partial charge >= 0.3 is 0 Å². The van der Waals surface area contributed by atoms with Gasteiger partial charge < -0.3 is 25.3 Å². The van der Waals surface area contributed by atoms with Crippen LogP contribution in [-0.2, 0) is 19.4 Å². The van der Waals surface area contributed by atoms with Gasteiger partial charge in [-0.1, -0.05) is 32.0 Å². The molecule has 3 aliphatic heterocycles. The van der Waals surface area contributed by atoms with Gasteiger partial charge in [-0.15, -0.1) is 0 Å². The molecule has 11 heteroatoms. The van der Waals surface area contributed by atoms with Gasteiger partial charge in [0.05, 0.1) is 11.4 Å². The lowest BCUT2D eigenvalue weighted by Gasteiger charge is -2.34. The molecule has 41 heavy (non-hydrogen) atoms. The number of sulfone groups is 1. The van der Waals surface area contributed by atoms with E-state index in [1.165, 1.54) is 17.0 Å². The molecule has 2 amide bonds. The number of carbonyl (C=O) groups is 3. The molecule has 0 radical (unpaired) electrons. The molecule has 4 atom stereocenters. The number of hydrogen-bond acceptors (Lipinski definition) is 8. The average Bonchev–Trinajstić information content (AvgIpc) is 3.53. The van der Waals surface area contributed by atoms with E-state index in [0.29, 0.717) is 12.0 Å². The third kappa shape index (κ3) is 6.02. The second kappa shape index (κ2) is 11.9. The van der Waals surface area contributed by atoms with Crippen molar-refractivity contribution in [3.8, 4) is 0 Å². The van der Waals surface area contributed by atoms with Gasteiger partial charge in [0.1, 0.15) is 17.5 Å². The Morgan fingerprint density at radius 1 is 1.00 bits per heavy atom. The fraction of sp³-hybridized carbons (Fsp3) is 0.500. The lowest BCUT2D eigenvalue weighted by molar-refractivity contribution is -0.139. The molecule has 4 unspecified atom stereocenters. The first kappa shape index (κ1) is 29.2. The van der Waals surface area contributed by atoms with Crippen LogP contribution in [0.4, 0.5) is 5.69 Å². The van der Waals surface area contributed by atoms with Crippen LogP contribution in [0.25, 0.3) is 0 Å².